The lowest BCUT2D eigenvalue weighted by molar-refractivity contribution is -0.877. The van der Waals surface area contributed by atoms with Gasteiger partial charge in [0.2, 0.25) is 0 Å². The summed E-state index contributed by atoms with van der Waals surface area (Å²) in [5, 5.41) is 0.763. The van der Waals surface area contributed by atoms with Gasteiger partial charge in [-0.2, -0.15) is 0 Å². The molecule has 0 amide bonds. The quantitative estimate of drug-likeness (QED) is 0.282. The summed E-state index contributed by atoms with van der Waals surface area (Å²) in [4.78, 5) is 11.8. The van der Waals surface area contributed by atoms with Gasteiger partial charge in [0.25, 0.3) is 0 Å². The molecule has 138 valence electrons. The zero-order chi connectivity index (χ0) is 16.8. The number of hydrogen-bond donors (Lipinski definition) is 0. The summed E-state index contributed by atoms with van der Waals surface area (Å²) >= 11 is 5.83. The molecule has 0 saturated carbocycles. The van der Waals surface area contributed by atoms with Crippen molar-refractivity contribution in [3.8, 4) is 0 Å². The van der Waals surface area contributed by atoms with Gasteiger partial charge in [0.05, 0.1) is 27.2 Å². The Morgan fingerprint density at radius 1 is 1.04 bits per heavy atom. The predicted octanol–water partition coefficient (Wildman–Crippen LogP) is 1.89. The minimum atomic E-state index is -0.117. The van der Waals surface area contributed by atoms with Crippen LogP contribution in [-0.2, 0) is 9.53 Å². The van der Waals surface area contributed by atoms with Crippen LogP contribution < -0.4 is 12.4 Å². The van der Waals surface area contributed by atoms with Crippen molar-refractivity contribution >= 4 is 17.6 Å². The van der Waals surface area contributed by atoms with E-state index < -0.39 is 0 Å². The Hall–Kier alpha value is -0.250. The van der Waals surface area contributed by atoms with E-state index in [0.717, 1.165) is 24.4 Å². The maximum absolute atomic E-state index is 11.8. The average Bonchev–Trinajstić information content (AvgIpc) is 2.43. The lowest BCUT2D eigenvalue weighted by Crippen LogP contribution is -3.00. The number of hydrogen-bond acceptors (Lipinski definition) is 2. The molecule has 3 nitrogen and oxygen atoms in total. The molecule has 0 radical (unpaired) electrons. The van der Waals surface area contributed by atoms with Gasteiger partial charge in [0.15, 0.2) is 6.54 Å². The van der Waals surface area contributed by atoms with Crippen LogP contribution >= 0.6 is 11.6 Å². The van der Waals surface area contributed by atoms with Gasteiger partial charge in [0.1, 0.15) is 0 Å². The first-order valence-corrected chi connectivity index (χ1v) is 9.05. The third kappa shape index (κ3) is 17.9. The Labute approximate surface area is 154 Å². The van der Waals surface area contributed by atoms with Gasteiger partial charge in [-0.1, -0.05) is 63.5 Å². The zero-order valence-electron chi connectivity index (χ0n) is 15.4. The third-order valence-corrected chi connectivity index (χ3v) is 3.84. The van der Waals surface area contributed by atoms with E-state index in [1.807, 2.05) is 27.1 Å². The summed E-state index contributed by atoms with van der Waals surface area (Å²) in [5.41, 5.74) is 0. The van der Waals surface area contributed by atoms with Crippen LogP contribution in [0.3, 0.4) is 0 Å². The second kappa shape index (κ2) is 15.3. The number of halogens is 2. The van der Waals surface area contributed by atoms with Crippen molar-refractivity contribution in [2.24, 2.45) is 0 Å². The van der Waals surface area contributed by atoms with Crippen LogP contribution in [0.5, 0.6) is 0 Å². The molecular weight excluding hydrogens is 333 g/mol. The van der Waals surface area contributed by atoms with Crippen molar-refractivity contribution in [2.45, 2.75) is 65.2 Å². The summed E-state index contributed by atoms with van der Waals surface area (Å²) < 4.78 is 5.89. The molecule has 0 aliphatic rings. The Morgan fingerprint density at radius 2 is 1.57 bits per heavy atom. The molecule has 0 aliphatic carbocycles. The van der Waals surface area contributed by atoms with Crippen LogP contribution in [0.4, 0.5) is 0 Å². The minimum Gasteiger partial charge on any atom is -1.00 e. The molecule has 0 spiro atoms. The minimum absolute atomic E-state index is 0. The topological polar surface area (TPSA) is 26.3 Å². The molecule has 0 heterocycles. The van der Waals surface area contributed by atoms with Crippen molar-refractivity contribution in [1.82, 2.24) is 0 Å². The molecule has 0 rings (SSSR count). The molecule has 23 heavy (non-hydrogen) atoms. The summed E-state index contributed by atoms with van der Waals surface area (Å²) in [6.07, 6.45) is 12.0. The monoisotopic (exact) mass is 367 g/mol. The Balaban J connectivity index is 0. The lowest BCUT2D eigenvalue weighted by Gasteiger charge is -2.27. The number of ether oxygens (including phenoxy) is 1. The summed E-state index contributed by atoms with van der Waals surface area (Å²) in [5.74, 6) is -0.117. The van der Waals surface area contributed by atoms with Crippen molar-refractivity contribution in [1.29, 1.82) is 0 Å². The number of allylic oxidation sites excluding steroid dienone is 1. The predicted molar refractivity (Wildman–Crippen MR) is 95.0 cm³/mol. The van der Waals surface area contributed by atoms with Gasteiger partial charge in [0, 0.05) is 5.03 Å². The first kappa shape index (κ1) is 25.0. The maximum Gasteiger partial charge on any atom is 0.361 e. The first-order valence-electron chi connectivity index (χ1n) is 8.67. The maximum atomic E-state index is 11.8. The Morgan fingerprint density at radius 3 is 2.09 bits per heavy atom. The summed E-state index contributed by atoms with van der Waals surface area (Å²) in [6, 6.07) is 0. The Kier molecular flexibility index (Phi) is 16.6. The first-order chi connectivity index (χ1) is 10.4. The van der Waals surface area contributed by atoms with Gasteiger partial charge >= 0.3 is 5.97 Å². The summed E-state index contributed by atoms with van der Waals surface area (Å²) in [6.45, 7) is 5.77. The zero-order valence-corrected chi connectivity index (χ0v) is 16.9. The molecule has 0 aromatic heterocycles. The van der Waals surface area contributed by atoms with E-state index in [1.165, 1.54) is 38.5 Å². The van der Waals surface area contributed by atoms with Crippen molar-refractivity contribution in [2.75, 3.05) is 33.8 Å². The molecule has 0 saturated heterocycles. The van der Waals surface area contributed by atoms with E-state index in [0.29, 0.717) is 17.6 Å². The number of esters is 1. The van der Waals surface area contributed by atoms with Crippen molar-refractivity contribution < 1.29 is 26.4 Å². The smallest absolute Gasteiger partial charge is 0.361 e. The van der Waals surface area contributed by atoms with E-state index in [4.69, 9.17) is 16.3 Å². The SMILES string of the molecule is CCCCCCCCCCOC(=O)C[N+](C)(C)CC=C(C)Cl.[Cl-]. The molecule has 0 fully saturated rings. The summed E-state index contributed by atoms with van der Waals surface area (Å²) in [7, 11) is 4.02. The Bertz CT molecular complexity index is 327. The molecule has 0 N–H and O–H groups in total. The van der Waals surface area contributed by atoms with E-state index in [1.54, 1.807) is 0 Å². The standard InChI is InChI=1S/C18H35ClNO2.ClH/c1-5-6-7-8-9-10-11-12-15-22-18(21)16-20(3,4)14-13-17(2)19;/h13H,5-12,14-16H2,1-4H3;1H/q+1;/p-1. The van der Waals surface area contributed by atoms with Gasteiger partial charge in [-0.15, -0.1) is 0 Å². The molecule has 0 unspecified atom stereocenters. The fourth-order valence-electron chi connectivity index (χ4n) is 2.25. The number of carbonyl (C=O) groups is 1. The second-order valence-electron chi connectivity index (χ2n) is 6.76. The number of quaternary nitrogens is 1. The number of unbranched alkanes of at least 4 members (excludes halogenated alkanes) is 7. The van der Waals surface area contributed by atoms with Crippen LogP contribution in [0.15, 0.2) is 11.1 Å². The molecule has 0 atom stereocenters. The van der Waals surface area contributed by atoms with E-state index in [-0.39, 0.29) is 18.4 Å². The van der Waals surface area contributed by atoms with Crippen LogP contribution in [-0.4, -0.2) is 44.2 Å². The second-order valence-corrected chi connectivity index (χ2v) is 7.36. The molecular formula is C18H35Cl2NO2. The normalized spacial score (nSPS) is 12.0. The van der Waals surface area contributed by atoms with Gasteiger partial charge in [-0.3, -0.25) is 0 Å². The van der Waals surface area contributed by atoms with Crippen molar-refractivity contribution in [3.05, 3.63) is 11.1 Å². The lowest BCUT2D eigenvalue weighted by atomic mass is 10.1. The third-order valence-electron chi connectivity index (χ3n) is 3.68. The number of carbonyl (C=O) groups excluding carboxylic acids is 1. The van der Waals surface area contributed by atoms with Crippen LogP contribution in [0.2, 0.25) is 0 Å². The molecule has 0 bridgehead atoms. The van der Waals surface area contributed by atoms with Gasteiger partial charge in [-0.25, -0.2) is 4.79 Å². The van der Waals surface area contributed by atoms with Crippen LogP contribution in [0, 0.1) is 0 Å². The highest BCUT2D eigenvalue weighted by molar-refractivity contribution is 6.29. The number of nitrogens with zero attached hydrogens (tertiary/aromatic N) is 1. The van der Waals surface area contributed by atoms with Crippen LogP contribution in [0.1, 0.15) is 65.2 Å². The highest BCUT2D eigenvalue weighted by Crippen LogP contribution is 2.09. The molecule has 5 heteroatoms. The fraction of sp³-hybridized carbons (Fsp3) is 0.833. The van der Waals surface area contributed by atoms with Crippen molar-refractivity contribution in [3.63, 3.8) is 0 Å². The molecule has 0 aromatic rings. The average molecular weight is 368 g/mol. The fourth-order valence-corrected chi connectivity index (χ4v) is 2.32. The van der Waals surface area contributed by atoms with Crippen LogP contribution in [0.25, 0.3) is 0 Å². The number of likely N-dealkylation sites (N-methyl/N-ethyl adjacent to an activating group) is 1. The molecule has 0 aliphatic heterocycles. The van der Waals surface area contributed by atoms with E-state index in [9.17, 15) is 4.79 Å². The van der Waals surface area contributed by atoms with Gasteiger partial charge in [-0.05, 0) is 19.4 Å². The van der Waals surface area contributed by atoms with Gasteiger partial charge < -0.3 is 21.6 Å². The van der Waals surface area contributed by atoms with E-state index in [2.05, 4.69) is 6.92 Å². The largest absolute Gasteiger partial charge is 1.00 e. The number of rotatable bonds is 13. The highest BCUT2D eigenvalue weighted by Gasteiger charge is 2.19. The van der Waals surface area contributed by atoms with E-state index >= 15 is 0 Å². The molecule has 0 aromatic carbocycles. The highest BCUT2D eigenvalue weighted by atomic mass is 35.5.